The number of nitrogens with one attached hydrogen (secondary N) is 1. The molecule has 1 saturated heterocycles. The number of benzene rings is 1. The monoisotopic (exact) mass is 430 g/mol. The molecule has 3 rings (SSSR count). The van der Waals surface area contributed by atoms with Gasteiger partial charge in [0.05, 0.1) is 11.9 Å². The quantitative estimate of drug-likeness (QED) is 0.675. The molecule has 27 heavy (non-hydrogen) atoms. The number of carbonyl (C=O) groups excluding carboxylic acids is 1. The van der Waals surface area contributed by atoms with Gasteiger partial charge in [0, 0.05) is 37.1 Å². The second-order valence-corrected chi connectivity index (χ2v) is 7.99. The molecule has 1 N–H and O–H groups in total. The van der Waals surface area contributed by atoms with Crippen LogP contribution in [0, 0.1) is 0 Å². The van der Waals surface area contributed by atoms with Crippen LogP contribution in [0.1, 0.15) is 24.8 Å². The second kappa shape index (κ2) is 9.85. The number of nitrogens with zero attached hydrogens (tertiary/aromatic N) is 3. The van der Waals surface area contributed by atoms with E-state index in [1.54, 1.807) is 6.20 Å². The third kappa shape index (κ3) is 6.33. The molecule has 0 spiro atoms. The number of pyridine rings is 1. The number of anilines is 2. The molecule has 0 radical (unpaired) electrons. The van der Waals surface area contributed by atoms with Gasteiger partial charge in [-0.2, -0.15) is 0 Å². The number of rotatable bonds is 7. The molecule has 2 heterocycles. The van der Waals surface area contributed by atoms with Gasteiger partial charge in [-0.05, 0) is 56.1 Å². The number of piperazine rings is 1. The number of likely N-dealkylation sites (N-methyl/N-ethyl adjacent to an activating group) is 1. The minimum atomic E-state index is 0.0555. The summed E-state index contributed by atoms with van der Waals surface area (Å²) in [5, 5.41) is 2.95. The highest BCUT2D eigenvalue weighted by Crippen LogP contribution is 2.17. The number of halogens is 1. The van der Waals surface area contributed by atoms with Crippen LogP contribution in [-0.2, 0) is 11.2 Å². The van der Waals surface area contributed by atoms with Gasteiger partial charge < -0.3 is 15.1 Å². The molecule has 144 valence electrons. The first-order chi connectivity index (χ1) is 13.1. The first-order valence-corrected chi connectivity index (χ1v) is 10.3. The maximum atomic E-state index is 12.1. The maximum Gasteiger partial charge on any atom is 0.224 e. The van der Waals surface area contributed by atoms with Crippen molar-refractivity contribution in [3.05, 3.63) is 52.6 Å². The van der Waals surface area contributed by atoms with Gasteiger partial charge in [0.25, 0.3) is 0 Å². The number of aromatic nitrogens is 1. The highest BCUT2D eigenvalue weighted by Gasteiger charge is 2.15. The van der Waals surface area contributed by atoms with Crippen molar-refractivity contribution in [1.29, 1.82) is 0 Å². The molecule has 0 unspecified atom stereocenters. The van der Waals surface area contributed by atoms with Crippen molar-refractivity contribution in [3.8, 4) is 0 Å². The number of amides is 1. The lowest BCUT2D eigenvalue weighted by Gasteiger charge is -2.33. The van der Waals surface area contributed by atoms with Crippen LogP contribution >= 0.6 is 15.9 Å². The topological polar surface area (TPSA) is 48.5 Å². The molecule has 6 heteroatoms. The lowest BCUT2D eigenvalue weighted by Crippen LogP contribution is -2.44. The lowest BCUT2D eigenvalue weighted by molar-refractivity contribution is -0.116. The molecule has 1 aliphatic rings. The molecular weight excluding hydrogens is 404 g/mol. The Bertz CT molecular complexity index is 725. The van der Waals surface area contributed by atoms with Gasteiger partial charge in [-0.1, -0.05) is 28.1 Å². The largest absolute Gasteiger partial charge is 0.354 e. The highest BCUT2D eigenvalue weighted by atomic mass is 79.9. The maximum absolute atomic E-state index is 12.1. The summed E-state index contributed by atoms with van der Waals surface area (Å²) in [5.74, 6) is 1.04. The summed E-state index contributed by atoms with van der Waals surface area (Å²) in [4.78, 5) is 21.2. The summed E-state index contributed by atoms with van der Waals surface area (Å²) >= 11 is 3.44. The summed E-state index contributed by atoms with van der Waals surface area (Å²) < 4.78 is 1.10. The predicted octanol–water partition coefficient (Wildman–Crippen LogP) is 3.95. The highest BCUT2D eigenvalue weighted by molar-refractivity contribution is 9.10. The van der Waals surface area contributed by atoms with E-state index in [2.05, 4.69) is 67.3 Å². The van der Waals surface area contributed by atoms with Crippen molar-refractivity contribution in [1.82, 2.24) is 9.88 Å². The van der Waals surface area contributed by atoms with Gasteiger partial charge in [0.1, 0.15) is 5.82 Å². The Hall–Kier alpha value is -1.92. The minimum absolute atomic E-state index is 0.0555. The van der Waals surface area contributed by atoms with E-state index in [1.807, 2.05) is 12.1 Å². The van der Waals surface area contributed by atoms with Gasteiger partial charge in [-0.25, -0.2) is 4.98 Å². The van der Waals surface area contributed by atoms with Crippen molar-refractivity contribution >= 4 is 33.3 Å². The van der Waals surface area contributed by atoms with Crippen LogP contribution in [-0.4, -0.2) is 49.0 Å². The molecule has 0 aliphatic carbocycles. The smallest absolute Gasteiger partial charge is 0.224 e. The normalized spacial score (nSPS) is 15.0. The molecule has 0 atom stereocenters. The van der Waals surface area contributed by atoms with E-state index < -0.39 is 0 Å². The molecule has 0 bridgehead atoms. The lowest BCUT2D eigenvalue weighted by atomic mass is 10.1. The Labute approximate surface area is 169 Å². The number of carbonyl (C=O) groups is 1. The Morgan fingerprint density at radius 2 is 1.81 bits per heavy atom. The molecule has 0 saturated carbocycles. The number of hydrogen-bond donors (Lipinski definition) is 1. The van der Waals surface area contributed by atoms with Crippen molar-refractivity contribution < 1.29 is 4.79 Å². The Morgan fingerprint density at radius 3 is 2.48 bits per heavy atom. The van der Waals surface area contributed by atoms with E-state index in [9.17, 15) is 4.79 Å². The zero-order valence-electron chi connectivity index (χ0n) is 15.8. The van der Waals surface area contributed by atoms with Crippen molar-refractivity contribution in [3.63, 3.8) is 0 Å². The van der Waals surface area contributed by atoms with Crippen LogP contribution in [0.15, 0.2) is 47.1 Å². The van der Waals surface area contributed by atoms with Gasteiger partial charge >= 0.3 is 0 Å². The Morgan fingerprint density at radius 1 is 1.07 bits per heavy atom. The van der Waals surface area contributed by atoms with Gasteiger partial charge in [0.15, 0.2) is 0 Å². The van der Waals surface area contributed by atoms with Gasteiger partial charge in [0.2, 0.25) is 5.91 Å². The summed E-state index contributed by atoms with van der Waals surface area (Å²) in [7, 11) is 2.14. The molecule has 1 amide bonds. The van der Waals surface area contributed by atoms with E-state index in [0.29, 0.717) is 6.42 Å². The van der Waals surface area contributed by atoms with E-state index >= 15 is 0 Å². The predicted molar refractivity (Wildman–Crippen MR) is 114 cm³/mol. The van der Waals surface area contributed by atoms with Crippen molar-refractivity contribution in [2.45, 2.75) is 25.7 Å². The molecule has 1 aliphatic heterocycles. The van der Waals surface area contributed by atoms with Gasteiger partial charge in [-0.15, -0.1) is 0 Å². The van der Waals surface area contributed by atoms with Crippen LogP contribution < -0.4 is 10.2 Å². The fourth-order valence-corrected chi connectivity index (χ4v) is 3.44. The zero-order chi connectivity index (χ0) is 19.1. The Balaban J connectivity index is 1.38. The number of hydrogen-bond acceptors (Lipinski definition) is 4. The fraction of sp³-hybridized carbons (Fsp3) is 0.429. The van der Waals surface area contributed by atoms with Crippen molar-refractivity contribution in [2.24, 2.45) is 0 Å². The first-order valence-electron chi connectivity index (χ1n) is 9.54. The number of unbranched alkanes of at least 4 members (excludes halogenated alkanes) is 1. The SMILES string of the molecule is CN1CCN(c2ccc(NC(=O)CCCCc3ccc(Br)cc3)cn2)CC1. The number of aryl methyl sites for hydroxylation is 1. The van der Waals surface area contributed by atoms with Crippen LogP contribution in [0.25, 0.3) is 0 Å². The summed E-state index contributed by atoms with van der Waals surface area (Å²) in [6.07, 6.45) is 5.19. The van der Waals surface area contributed by atoms with E-state index in [4.69, 9.17) is 0 Å². The molecule has 2 aromatic rings. The second-order valence-electron chi connectivity index (χ2n) is 7.08. The van der Waals surface area contributed by atoms with Crippen LogP contribution in [0.4, 0.5) is 11.5 Å². The average molecular weight is 431 g/mol. The van der Waals surface area contributed by atoms with E-state index in [0.717, 1.165) is 61.4 Å². The zero-order valence-corrected chi connectivity index (χ0v) is 17.4. The Kier molecular flexibility index (Phi) is 7.24. The standard InChI is InChI=1S/C21H27BrN4O/c1-25-12-14-26(15-13-25)20-11-10-19(16-23-20)24-21(27)5-3-2-4-17-6-8-18(22)9-7-17/h6-11,16H,2-5,12-15H2,1H3,(H,24,27). The fourth-order valence-electron chi connectivity index (χ4n) is 3.17. The first kappa shape index (κ1) is 19.8. The molecule has 5 nitrogen and oxygen atoms in total. The summed E-state index contributed by atoms with van der Waals surface area (Å²) in [6, 6.07) is 12.3. The minimum Gasteiger partial charge on any atom is -0.354 e. The van der Waals surface area contributed by atoms with Gasteiger partial charge in [-0.3, -0.25) is 4.79 Å². The van der Waals surface area contributed by atoms with Crippen molar-refractivity contribution in [2.75, 3.05) is 43.4 Å². The molecular formula is C21H27BrN4O. The van der Waals surface area contributed by atoms with Crippen LogP contribution in [0.3, 0.4) is 0 Å². The molecule has 1 aromatic heterocycles. The van der Waals surface area contributed by atoms with E-state index in [1.165, 1.54) is 5.56 Å². The van der Waals surface area contributed by atoms with Crippen LogP contribution in [0.2, 0.25) is 0 Å². The van der Waals surface area contributed by atoms with Crippen LogP contribution in [0.5, 0.6) is 0 Å². The summed E-state index contributed by atoms with van der Waals surface area (Å²) in [5.41, 5.74) is 2.08. The summed E-state index contributed by atoms with van der Waals surface area (Å²) in [6.45, 7) is 4.10. The third-order valence-electron chi connectivity index (χ3n) is 4.89. The van der Waals surface area contributed by atoms with E-state index in [-0.39, 0.29) is 5.91 Å². The molecule has 1 aromatic carbocycles. The average Bonchev–Trinajstić information content (AvgIpc) is 2.68. The molecule has 1 fully saturated rings. The third-order valence-corrected chi connectivity index (χ3v) is 5.42.